The molecule has 22 N–H and O–H groups in total. The zero-order valence-electron chi connectivity index (χ0n) is 72.7. The van der Waals surface area contributed by atoms with E-state index >= 15 is 0 Å². The number of aliphatic hydroxyl groups is 9. The molecular weight excluding hydrogens is 1640 g/mol. The lowest BCUT2D eigenvalue weighted by Gasteiger charge is -2.82. The van der Waals surface area contributed by atoms with Crippen molar-refractivity contribution in [2.24, 2.45) is 40.4 Å². The van der Waals surface area contributed by atoms with Crippen molar-refractivity contribution in [3.05, 3.63) is 0 Å². The standard InChI is InChI=1S/C81H140N12O31/c1-8-77(9-2,25-33-89-59(106)43-121-82)26-40-120-76(6,7)73(113)93-78(45-114-37-22-56(103)86-30-16-27-83-53(100)19-10-13-34-117-71-62(90-48(3)97)66(110)64(108)52(42-95)122-71,47-116-39-24-58(105)88-32-18-29-85-55(102)21-12-15-36-119-75-81(92-50(5)99)68-67(111)69(112)79(68,44-96)72(81)124-75)46-115-38-23-57(104)87-31-17-28-84-54(101)20-11-14-35-118-74-80(91-49(4)98)61-60(70(80)123-74)51(41-94)63(107)65(61)109/h51-52,60-72,74-75,94-96,107-112H,8-47,82H2,1-7H3,(H,83,100)(H,84,101)(H,85,102)(H,86,103)(H,87,104)(H,88,105)(H,89,106)(H,90,97)(H,91,98)(H,92,99)(H,93,113). The Balaban J connectivity index is 0.883. The SMILES string of the molecule is CCC(CC)(CCNC(=O)CON)CCOC(C)(C)C(=O)NC(COCCC(=O)NCCCNC(=O)CCCCOC1OC(CO)C(O)C(O)C1NC(C)=O)(COCCC(=O)NCCCNC(=O)CCCCOC1OC2C3C(CO)C(O)C(O)C3C12NC(C)=O)COCCC(=O)NCCCNC(=O)CCCCOC1OC2C3(CO)C(O)C(O)C3C12NC(C)=O. The highest BCUT2D eigenvalue weighted by atomic mass is 16.7. The average molecular weight is 1780 g/mol. The van der Waals surface area contributed by atoms with Crippen molar-refractivity contribution in [1.82, 2.24) is 58.5 Å². The highest BCUT2D eigenvalue weighted by molar-refractivity contribution is 5.85. The first-order valence-electron chi connectivity index (χ1n) is 43.6. The largest absolute Gasteiger partial charge is 0.396 e. The van der Waals surface area contributed by atoms with E-state index in [4.69, 9.17) is 53.3 Å². The van der Waals surface area contributed by atoms with Crippen molar-refractivity contribution in [2.75, 3.05) is 138 Å². The van der Waals surface area contributed by atoms with Gasteiger partial charge in [-0.1, -0.05) is 26.7 Å². The molecule has 43 heteroatoms. The second kappa shape index (κ2) is 50.3. The first-order chi connectivity index (χ1) is 59.2. The molecule has 124 heavy (non-hydrogen) atoms. The number of fused-ring (bicyclic) bond motifs is 8. The number of nitrogens with one attached hydrogen (secondary N) is 11. The van der Waals surface area contributed by atoms with Crippen LogP contribution >= 0.6 is 0 Å². The molecule has 3 aliphatic heterocycles. The molecule has 0 radical (unpaired) electrons. The fourth-order valence-corrected chi connectivity index (χ4v) is 18.0. The molecular formula is C81H140N12O31. The number of rotatable bonds is 64. The van der Waals surface area contributed by atoms with Crippen LogP contribution < -0.4 is 64.4 Å². The number of aliphatic hydroxyl groups excluding tert-OH is 9. The van der Waals surface area contributed by atoms with Crippen molar-refractivity contribution in [3.63, 3.8) is 0 Å². The zero-order valence-corrected chi connectivity index (χ0v) is 72.7. The number of amides is 11. The van der Waals surface area contributed by atoms with E-state index in [1.54, 1.807) is 13.8 Å². The van der Waals surface area contributed by atoms with Crippen LogP contribution in [0.4, 0.5) is 0 Å². The minimum Gasteiger partial charge on any atom is -0.396 e. The minimum absolute atomic E-state index is 0.0670. The Morgan fingerprint density at radius 3 is 1.37 bits per heavy atom. The van der Waals surface area contributed by atoms with Crippen LogP contribution in [0.3, 0.4) is 0 Å². The van der Waals surface area contributed by atoms with Crippen LogP contribution in [0, 0.1) is 34.5 Å². The van der Waals surface area contributed by atoms with Crippen LogP contribution in [0.5, 0.6) is 0 Å². The van der Waals surface area contributed by atoms with E-state index in [2.05, 4.69) is 63.3 Å². The lowest BCUT2D eigenvalue weighted by molar-refractivity contribution is -0.496. The van der Waals surface area contributed by atoms with Crippen molar-refractivity contribution < 1.29 is 151 Å². The first kappa shape index (κ1) is 104. The maximum Gasteiger partial charge on any atom is 0.252 e. The molecule has 0 aromatic heterocycles. The van der Waals surface area contributed by atoms with Crippen LogP contribution in [0.1, 0.15) is 170 Å². The minimum atomic E-state index is -1.58. The van der Waals surface area contributed by atoms with E-state index in [1.807, 2.05) is 13.8 Å². The first-order valence-corrected chi connectivity index (χ1v) is 43.6. The summed E-state index contributed by atoms with van der Waals surface area (Å²) in [5, 5.41) is 124. The van der Waals surface area contributed by atoms with Gasteiger partial charge in [-0.15, -0.1) is 0 Å². The van der Waals surface area contributed by atoms with Gasteiger partial charge in [0.05, 0.1) is 88.8 Å². The van der Waals surface area contributed by atoms with E-state index < -0.39 is 168 Å². The van der Waals surface area contributed by atoms with Gasteiger partial charge < -0.3 is 152 Å². The van der Waals surface area contributed by atoms with Gasteiger partial charge >= 0.3 is 0 Å². The lowest BCUT2D eigenvalue weighted by Crippen LogP contribution is -3.01. The summed E-state index contributed by atoms with van der Waals surface area (Å²) in [5.74, 6) is -1.28. The Morgan fingerprint density at radius 1 is 0.468 bits per heavy atom. The fourth-order valence-electron chi connectivity index (χ4n) is 18.0. The number of carbonyl (C=O) groups excluding carboxylic acids is 11. The Hall–Kier alpha value is -6.67. The molecule has 21 unspecified atom stereocenters. The van der Waals surface area contributed by atoms with Gasteiger partial charge in [0.2, 0.25) is 59.1 Å². The molecule has 11 amide bonds. The van der Waals surface area contributed by atoms with Crippen molar-refractivity contribution >= 4 is 65.0 Å². The van der Waals surface area contributed by atoms with Crippen LogP contribution in [0.2, 0.25) is 0 Å². The van der Waals surface area contributed by atoms with Gasteiger partial charge in [-0.25, -0.2) is 5.90 Å². The molecule has 4 aliphatic carbocycles. The van der Waals surface area contributed by atoms with Crippen LogP contribution in [-0.2, 0) is 105 Å². The molecule has 4 saturated carbocycles. The van der Waals surface area contributed by atoms with E-state index in [9.17, 15) is 98.7 Å². The highest BCUT2D eigenvalue weighted by Gasteiger charge is 2.91. The van der Waals surface area contributed by atoms with Gasteiger partial charge in [0.25, 0.3) is 5.91 Å². The summed E-state index contributed by atoms with van der Waals surface area (Å²) < 4.78 is 59.9. The lowest BCUT2D eigenvalue weighted by atomic mass is 9.32. The van der Waals surface area contributed by atoms with Crippen LogP contribution in [-0.4, -0.2) is 351 Å². The van der Waals surface area contributed by atoms with Crippen molar-refractivity contribution in [2.45, 2.75) is 273 Å². The van der Waals surface area contributed by atoms with Gasteiger partial charge in [-0.2, -0.15) is 0 Å². The zero-order chi connectivity index (χ0) is 91.0. The Bertz CT molecular complexity index is 3420. The normalized spacial score (nSPS) is 29.1. The van der Waals surface area contributed by atoms with E-state index in [0.29, 0.717) is 77.2 Å². The summed E-state index contributed by atoms with van der Waals surface area (Å²) in [4.78, 5) is 146. The summed E-state index contributed by atoms with van der Waals surface area (Å²) in [6, 6.07) is -1.10. The number of hydrogen-bond donors (Lipinski definition) is 21. The van der Waals surface area contributed by atoms with Gasteiger partial charge in [-0.05, 0) is 89.9 Å². The van der Waals surface area contributed by atoms with Gasteiger partial charge in [-0.3, -0.25) is 57.6 Å². The number of carbonyl (C=O) groups is 11. The number of hydrogen-bond acceptors (Lipinski definition) is 32. The molecule has 7 rings (SSSR count). The maximum absolute atomic E-state index is 14.7. The third-order valence-electron chi connectivity index (χ3n) is 25.0. The molecule has 7 fully saturated rings. The molecule has 43 nitrogen and oxygen atoms in total. The average Bonchev–Trinajstić information content (AvgIpc) is 0.783. The summed E-state index contributed by atoms with van der Waals surface area (Å²) in [6.07, 6.45) is -6.89. The molecule has 0 spiro atoms. The topological polar surface area (TPSA) is 630 Å². The molecule has 0 aromatic carbocycles. The second-order valence-corrected chi connectivity index (χ2v) is 34.0. The summed E-state index contributed by atoms with van der Waals surface area (Å²) >= 11 is 0. The van der Waals surface area contributed by atoms with Crippen molar-refractivity contribution in [1.29, 1.82) is 0 Å². The Kier molecular flexibility index (Phi) is 42.4. The molecule has 7 aliphatic rings. The number of nitrogens with two attached hydrogens (primary N) is 1. The van der Waals surface area contributed by atoms with Crippen LogP contribution in [0.15, 0.2) is 0 Å². The molecule has 3 saturated heterocycles. The smallest absolute Gasteiger partial charge is 0.252 e. The molecule has 21 atom stereocenters. The highest BCUT2D eigenvalue weighted by Crippen LogP contribution is 2.73. The third-order valence-corrected chi connectivity index (χ3v) is 25.0. The molecule has 710 valence electrons. The Morgan fingerprint density at radius 2 is 0.927 bits per heavy atom. The van der Waals surface area contributed by atoms with E-state index in [1.165, 1.54) is 20.8 Å². The fraction of sp³-hybridized carbons (Fsp3) is 0.864. The summed E-state index contributed by atoms with van der Waals surface area (Å²) in [6.45, 7) is 10.0. The monoisotopic (exact) mass is 1780 g/mol. The molecule has 0 bridgehead atoms. The predicted octanol–water partition coefficient (Wildman–Crippen LogP) is -6.04. The van der Waals surface area contributed by atoms with Gasteiger partial charge in [0.1, 0.15) is 59.3 Å². The van der Waals surface area contributed by atoms with E-state index in [0.717, 1.165) is 12.8 Å². The third kappa shape index (κ3) is 27.2. The maximum atomic E-state index is 14.7. The van der Waals surface area contributed by atoms with Crippen LogP contribution in [0.25, 0.3) is 0 Å². The number of ether oxygens (including phenoxy) is 10. The summed E-state index contributed by atoms with van der Waals surface area (Å²) in [7, 11) is 0. The second-order valence-electron chi connectivity index (χ2n) is 34.0. The van der Waals surface area contributed by atoms with Gasteiger partial charge in [0, 0.05) is 162 Å². The molecule has 0 aromatic rings. The Labute approximate surface area is 722 Å². The predicted molar refractivity (Wildman–Crippen MR) is 434 cm³/mol. The summed E-state index contributed by atoms with van der Waals surface area (Å²) in [5.41, 5.74) is -6.63. The molecule has 3 heterocycles. The number of unbranched alkanes of at least 4 members (excludes halogenated alkanes) is 3. The quantitative estimate of drug-likeness (QED) is 0.0199. The van der Waals surface area contributed by atoms with Crippen molar-refractivity contribution in [3.8, 4) is 0 Å². The van der Waals surface area contributed by atoms with E-state index in [-0.39, 0.29) is 204 Å². The van der Waals surface area contributed by atoms with Gasteiger partial charge in [0.15, 0.2) is 18.9 Å².